The molecule has 0 spiro atoms. The number of benzene rings is 1. The molecule has 5 nitrogen and oxygen atoms in total. The molecule has 3 rings (SSSR count). The van der Waals surface area contributed by atoms with Crippen molar-refractivity contribution in [2.45, 2.75) is 46.0 Å². The summed E-state index contributed by atoms with van der Waals surface area (Å²) in [7, 11) is 0. The molecule has 0 radical (unpaired) electrons. The summed E-state index contributed by atoms with van der Waals surface area (Å²) in [5.41, 5.74) is 2.13. The minimum atomic E-state index is -0.197. The maximum atomic E-state index is 12.9. The minimum Gasteiger partial charge on any atom is -0.462 e. The average molecular weight is 384 g/mol. The van der Waals surface area contributed by atoms with Gasteiger partial charge in [-0.15, -0.1) is 16.4 Å². The van der Waals surface area contributed by atoms with Crippen molar-refractivity contribution in [2.24, 2.45) is 0 Å². The van der Waals surface area contributed by atoms with Crippen LogP contribution in [0, 0.1) is 0 Å². The standard InChI is InChI=1S/C21H25N3O2S/c1-5-6-13-26-20-22-18(15-9-11-16(12-10-15)21(2,3)4)24(23-20)19(25)17-8-7-14-27-17/h7-12,14H,5-6,13H2,1-4H3. The molecule has 0 unspecified atom stereocenters. The number of carbonyl (C=O) groups is 1. The molecule has 0 aliphatic rings. The normalized spacial score (nSPS) is 11.6. The van der Waals surface area contributed by atoms with E-state index in [4.69, 9.17) is 4.74 Å². The van der Waals surface area contributed by atoms with Gasteiger partial charge in [0.2, 0.25) is 0 Å². The highest BCUT2D eigenvalue weighted by atomic mass is 32.1. The molecule has 142 valence electrons. The summed E-state index contributed by atoms with van der Waals surface area (Å²) in [6.45, 7) is 9.15. The van der Waals surface area contributed by atoms with Gasteiger partial charge in [-0.25, -0.2) is 0 Å². The Morgan fingerprint density at radius 1 is 1.19 bits per heavy atom. The molecule has 0 saturated heterocycles. The van der Waals surface area contributed by atoms with E-state index in [1.165, 1.54) is 21.6 Å². The highest BCUT2D eigenvalue weighted by Gasteiger charge is 2.21. The van der Waals surface area contributed by atoms with Crippen LogP contribution in [0.1, 0.15) is 55.8 Å². The Balaban J connectivity index is 1.98. The molecule has 27 heavy (non-hydrogen) atoms. The van der Waals surface area contributed by atoms with E-state index >= 15 is 0 Å². The lowest BCUT2D eigenvalue weighted by atomic mass is 9.87. The molecule has 3 aromatic rings. The van der Waals surface area contributed by atoms with Crippen LogP contribution < -0.4 is 4.74 Å². The van der Waals surface area contributed by atoms with Crippen LogP contribution in [0.3, 0.4) is 0 Å². The molecule has 0 bridgehead atoms. The molecule has 0 N–H and O–H groups in total. The lowest BCUT2D eigenvalue weighted by Crippen LogP contribution is -2.14. The number of hydrogen-bond donors (Lipinski definition) is 0. The van der Waals surface area contributed by atoms with Crippen molar-refractivity contribution >= 4 is 17.2 Å². The van der Waals surface area contributed by atoms with E-state index in [-0.39, 0.29) is 17.3 Å². The van der Waals surface area contributed by atoms with E-state index in [1.807, 2.05) is 23.6 Å². The van der Waals surface area contributed by atoms with Crippen LogP contribution in [0.25, 0.3) is 11.4 Å². The van der Waals surface area contributed by atoms with Crippen molar-refractivity contribution in [1.29, 1.82) is 0 Å². The molecule has 0 amide bonds. The van der Waals surface area contributed by atoms with Crippen LogP contribution in [0.2, 0.25) is 0 Å². The van der Waals surface area contributed by atoms with Crippen molar-refractivity contribution in [1.82, 2.24) is 14.8 Å². The number of rotatable bonds is 6. The minimum absolute atomic E-state index is 0.0629. The van der Waals surface area contributed by atoms with Crippen molar-refractivity contribution in [3.8, 4) is 17.4 Å². The second-order valence-electron chi connectivity index (χ2n) is 7.44. The first kappa shape index (κ1) is 19.3. The highest BCUT2D eigenvalue weighted by molar-refractivity contribution is 7.12. The van der Waals surface area contributed by atoms with Gasteiger partial charge in [0.25, 0.3) is 5.91 Å². The van der Waals surface area contributed by atoms with Gasteiger partial charge < -0.3 is 4.74 Å². The fourth-order valence-electron chi connectivity index (χ4n) is 2.61. The molecule has 0 fully saturated rings. The van der Waals surface area contributed by atoms with Crippen molar-refractivity contribution in [3.63, 3.8) is 0 Å². The van der Waals surface area contributed by atoms with Crippen molar-refractivity contribution < 1.29 is 9.53 Å². The first-order chi connectivity index (χ1) is 12.9. The summed E-state index contributed by atoms with van der Waals surface area (Å²) in [5.74, 6) is 0.304. The molecule has 0 saturated carbocycles. The first-order valence-electron chi connectivity index (χ1n) is 9.19. The fraction of sp³-hybridized carbons (Fsp3) is 0.381. The molecular weight excluding hydrogens is 358 g/mol. The summed E-state index contributed by atoms with van der Waals surface area (Å²) < 4.78 is 6.99. The number of aromatic nitrogens is 3. The smallest absolute Gasteiger partial charge is 0.336 e. The Hall–Kier alpha value is -2.47. The monoisotopic (exact) mass is 383 g/mol. The first-order valence-corrected chi connectivity index (χ1v) is 10.1. The molecule has 0 aliphatic heterocycles. The Kier molecular flexibility index (Phi) is 5.75. The van der Waals surface area contributed by atoms with Gasteiger partial charge in [0.1, 0.15) is 0 Å². The van der Waals surface area contributed by atoms with Crippen LogP contribution in [0.4, 0.5) is 0 Å². The van der Waals surface area contributed by atoms with E-state index in [2.05, 4.69) is 49.9 Å². The van der Waals surface area contributed by atoms with Gasteiger partial charge in [0.05, 0.1) is 11.5 Å². The van der Waals surface area contributed by atoms with E-state index in [1.54, 1.807) is 6.07 Å². The Morgan fingerprint density at radius 3 is 2.52 bits per heavy atom. The van der Waals surface area contributed by atoms with Crippen LogP contribution in [0.15, 0.2) is 41.8 Å². The van der Waals surface area contributed by atoms with Crippen LogP contribution >= 0.6 is 11.3 Å². The van der Waals surface area contributed by atoms with Gasteiger partial charge in [-0.2, -0.15) is 9.67 Å². The van der Waals surface area contributed by atoms with Gasteiger partial charge >= 0.3 is 6.01 Å². The Labute approximate surface area is 164 Å². The van der Waals surface area contributed by atoms with Crippen molar-refractivity contribution in [2.75, 3.05) is 6.61 Å². The lowest BCUT2D eigenvalue weighted by Gasteiger charge is -2.19. The van der Waals surface area contributed by atoms with Gasteiger partial charge in [-0.3, -0.25) is 4.79 Å². The highest BCUT2D eigenvalue weighted by Crippen LogP contribution is 2.27. The zero-order valence-electron chi connectivity index (χ0n) is 16.2. The maximum absolute atomic E-state index is 12.9. The zero-order chi connectivity index (χ0) is 19.4. The lowest BCUT2D eigenvalue weighted by molar-refractivity contribution is 0.0948. The molecule has 6 heteroatoms. The molecule has 0 aliphatic carbocycles. The summed E-state index contributed by atoms with van der Waals surface area (Å²) >= 11 is 1.39. The SMILES string of the molecule is CCCCOc1nc(-c2ccc(C(C)(C)C)cc2)n(C(=O)c2cccs2)n1. The predicted octanol–water partition coefficient (Wildman–Crippen LogP) is 5.17. The van der Waals surface area contributed by atoms with Gasteiger partial charge in [-0.05, 0) is 28.8 Å². The number of hydrogen-bond acceptors (Lipinski definition) is 5. The van der Waals surface area contributed by atoms with E-state index in [9.17, 15) is 4.79 Å². The number of thiophene rings is 1. The van der Waals surface area contributed by atoms with E-state index in [0.29, 0.717) is 17.3 Å². The topological polar surface area (TPSA) is 57.0 Å². The Morgan fingerprint density at radius 2 is 1.93 bits per heavy atom. The third-order valence-corrected chi connectivity index (χ3v) is 5.11. The summed E-state index contributed by atoms with van der Waals surface area (Å²) in [4.78, 5) is 18.0. The molecule has 1 aromatic carbocycles. The van der Waals surface area contributed by atoms with Crippen LogP contribution in [-0.2, 0) is 5.41 Å². The second kappa shape index (κ2) is 8.05. The third-order valence-electron chi connectivity index (χ3n) is 4.25. The zero-order valence-corrected chi connectivity index (χ0v) is 17.0. The van der Waals surface area contributed by atoms with E-state index in [0.717, 1.165) is 18.4 Å². The van der Waals surface area contributed by atoms with E-state index < -0.39 is 0 Å². The second-order valence-corrected chi connectivity index (χ2v) is 8.39. The summed E-state index contributed by atoms with van der Waals surface area (Å²) in [5, 5.41) is 6.20. The Bertz CT molecular complexity index is 891. The van der Waals surface area contributed by atoms with Crippen LogP contribution in [0.5, 0.6) is 6.01 Å². The average Bonchev–Trinajstić information content (AvgIpc) is 3.31. The largest absolute Gasteiger partial charge is 0.462 e. The molecule has 2 aromatic heterocycles. The fourth-order valence-corrected chi connectivity index (χ4v) is 3.26. The number of nitrogens with zero attached hydrogens (tertiary/aromatic N) is 3. The quantitative estimate of drug-likeness (QED) is 0.551. The molecule has 0 atom stereocenters. The number of carbonyl (C=O) groups excluding carboxylic acids is 1. The van der Waals surface area contributed by atoms with Crippen LogP contribution in [-0.4, -0.2) is 27.3 Å². The van der Waals surface area contributed by atoms with Crippen molar-refractivity contribution in [3.05, 3.63) is 52.2 Å². The predicted molar refractivity (Wildman–Crippen MR) is 109 cm³/mol. The molecule has 2 heterocycles. The number of ether oxygens (including phenoxy) is 1. The number of unbranched alkanes of at least 4 members (excludes halogenated alkanes) is 1. The molecular formula is C21H25N3O2S. The third kappa shape index (κ3) is 4.45. The maximum Gasteiger partial charge on any atom is 0.336 e. The summed E-state index contributed by atoms with van der Waals surface area (Å²) in [6, 6.07) is 12.0. The van der Waals surface area contributed by atoms with Gasteiger partial charge in [0, 0.05) is 5.56 Å². The summed E-state index contributed by atoms with van der Waals surface area (Å²) in [6.07, 6.45) is 1.94. The van der Waals surface area contributed by atoms with Gasteiger partial charge in [-0.1, -0.05) is 64.4 Å². The van der Waals surface area contributed by atoms with Gasteiger partial charge in [0.15, 0.2) is 5.82 Å².